The summed E-state index contributed by atoms with van der Waals surface area (Å²) in [7, 11) is 0. The monoisotopic (exact) mass is 360 g/mol. The average Bonchev–Trinajstić information content (AvgIpc) is 3.11. The maximum absolute atomic E-state index is 12.0. The largest absolute Gasteiger partial charge is 0.322 e. The third-order valence-electron chi connectivity index (χ3n) is 3.78. The SMILES string of the molecule is Cc1ccccc1NC(=O)/C=C/c1csc(C/C=C/c2ccccc2)n1. The lowest BCUT2D eigenvalue weighted by molar-refractivity contribution is -0.111. The highest BCUT2D eigenvalue weighted by Gasteiger charge is 2.02. The molecule has 3 aromatic rings. The van der Waals surface area contributed by atoms with Gasteiger partial charge < -0.3 is 5.32 Å². The zero-order valence-corrected chi connectivity index (χ0v) is 15.4. The first-order chi connectivity index (χ1) is 12.7. The predicted molar refractivity (Wildman–Crippen MR) is 110 cm³/mol. The normalized spacial score (nSPS) is 11.3. The Kier molecular flexibility index (Phi) is 6.12. The topological polar surface area (TPSA) is 42.0 Å². The number of nitrogens with zero attached hydrogens (tertiary/aromatic N) is 1. The summed E-state index contributed by atoms with van der Waals surface area (Å²) in [5.74, 6) is -0.155. The van der Waals surface area contributed by atoms with E-state index in [1.54, 1.807) is 17.4 Å². The van der Waals surface area contributed by atoms with E-state index in [9.17, 15) is 4.79 Å². The number of anilines is 1. The molecular weight excluding hydrogens is 340 g/mol. The standard InChI is InChI=1S/C22H20N2OS/c1-17-8-5-6-12-20(17)24-21(25)15-14-19-16-26-22(23-19)13-7-11-18-9-3-2-4-10-18/h2-12,14-16H,13H2,1H3,(H,24,25)/b11-7+,15-14+. The molecule has 26 heavy (non-hydrogen) atoms. The highest BCUT2D eigenvalue weighted by molar-refractivity contribution is 7.09. The molecule has 0 aliphatic carbocycles. The van der Waals surface area contributed by atoms with Crippen LogP contribution in [0.2, 0.25) is 0 Å². The van der Waals surface area contributed by atoms with E-state index >= 15 is 0 Å². The fourth-order valence-corrected chi connectivity index (χ4v) is 3.14. The summed E-state index contributed by atoms with van der Waals surface area (Å²) in [5, 5.41) is 5.86. The quantitative estimate of drug-likeness (QED) is 0.601. The molecule has 0 radical (unpaired) electrons. The molecule has 0 atom stereocenters. The van der Waals surface area contributed by atoms with Crippen LogP contribution in [-0.4, -0.2) is 10.9 Å². The highest BCUT2D eigenvalue weighted by Crippen LogP contribution is 2.15. The zero-order chi connectivity index (χ0) is 18.2. The summed E-state index contributed by atoms with van der Waals surface area (Å²) in [4.78, 5) is 16.6. The predicted octanol–water partition coefficient (Wildman–Crippen LogP) is 5.36. The summed E-state index contributed by atoms with van der Waals surface area (Å²) in [6.07, 6.45) is 8.24. The van der Waals surface area contributed by atoms with Gasteiger partial charge in [0.1, 0.15) is 0 Å². The Morgan fingerprint density at radius 2 is 1.85 bits per heavy atom. The number of hydrogen-bond donors (Lipinski definition) is 1. The fourth-order valence-electron chi connectivity index (χ4n) is 2.40. The molecule has 0 unspecified atom stereocenters. The zero-order valence-electron chi connectivity index (χ0n) is 14.6. The second-order valence-corrected chi connectivity index (χ2v) is 6.76. The van der Waals surface area contributed by atoms with Crippen LogP contribution >= 0.6 is 11.3 Å². The molecule has 1 aromatic heterocycles. The van der Waals surface area contributed by atoms with Crippen molar-refractivity contribution in [1.82, 2.24) is 4.98 Å². The van der Waals surface area contributed by atoms with E-state index in [2.05, 4.69) is 34.6 Å². The molecule has 0 aliphatic rings. The number of para-hydroxylation sites is 1. The Hall–Kier alpha value is -2.98. The van der Waals surface area contributed by atoms with Crippen molar-refractivity contribution in [1.29, 1.82) is 0 Å². The van der Waals surface area contributed by atoms with Crippen molar-refractivity contribution in [3.8, 4) is 0 Å². The van der Waals surface area contributed by atoms with Gasteiger partial charge in [-0.25, -0.2) is 4.98 Å². The first-order valence-electron chi connectivity index (χ1n) is 8.41. The molecule has 1 amide bonds. The van der Waals surface area contributed by atoms with Gasteiger partial charge in [-0.1, -0.05) is 60.7 Å². The number of allylic oxidation sites excluding steroid dienone is 1. The number of hydrogen-bond acceptors (Lipinski definition) is 3. The highest BCUT2D eigenvalue weighted by atomic mass is 32.1. The number of rotatable bonds is 6. The molecule has 0 spiro atoms. The number of benzene rings is 2. The molecule has 0 fully saturated rings. The summed E-state index contributed by atoms with van der Waals surface area (Å²) in [5.41, 5.74) is 3.85. The summed E-state index contributed by atoms with van der Waals surface area (Å²) in [6.45, 7) is 1.97. The molecule has 0 bridgehead atoms. The maximum atomic E-state index is 12.0. The number of nitrogens with one attached hydrogen (secondary N) is 1. The fraction of sp³-hybridized carbons (Fsp3) is 0.0909. The Balaban J connectivity index is 1.54. The van der Waals surface area contributed by atoms with Crippen molar-refractivity contribution in [2.45, 2.75) is 13.3 Å². The van der Waals surface area contributed by atoms with E-state index < -0.39 is 0 Å². The first-order valence-corrected chi connectivity index (χ1v) is 9.29. The van der Waals surface area contributed by atoms with Crippen LogP contribution in [0.3, 0.4) is 0 Å². The number of carbonyl (C=O) groups is 1. The average molecular weight is 360 g/mol. The van der Waals surface area contributed by atoms with Gasteiger partial charge in [-0.2, -0.15) is 0 Å². The minimum Gasteiger partial charge on any atom is -0.322 e. The smallest absolute Gasteiger partial charge is 0.248 e. The number of amides is 1. The molecule has 0 saturated heterocycles. The van der Waals surface area contributed by atoms with E-state index in [0.717, 1.165) is 28.4 Å². The third-order valence-corrected chi connectivity index (χ3v) is 4.67. The van der Waals surface area contributed by atoms with Crippen molar-refractivity contribution in [2.24, 2.45) is 0 Å². The van der Waals surface area contributed by atoms with Crippen LogP contribution in [0.4, 0.5) is 5.69 Å². The van der Waals surface area contributed by atoms with E-state index in [0.29, 0.717) is 0 Å². The Morgan fingerprint density at radius 3 is 2.65 bits per heavy atom. The number of carbonyl (C=O) groups excluding carboxylic acids is 1. The third kappa shape index (κ3) is 5.26. The van der Waals surface area contributed by atoms with Gasteiger partial charge in [-0.15, -0.1) is 11.3 Å². The van der Waals surface area contributed by atoms with Gasteiger partial charge in [0.15, 0.2) is 0 Å². The number of aryl methyl sites for hydroxylation is 1. The van der Waals surface area contributed by atoms with Gasteiger partial charge in [-0.3, -0.25) is 4.79 Å². The van der Waals surface area contributed by atoms with Gasteiger partial charge in [0, 0.05) is 23.6 Å². The molecular formula is C22H20N2OS. The van der Waals surface area contributed by atoms with Gasteiger partial charge in [0.05, 0.1) is 10.7 Å². The summed E-state index contributed by atoms with van der Waals surface area (Å²) in [6, 6.07) is 17.9. The van der Waals surface area contributed by atoms with Crippen LogP contribution in [0.1, 0.15) is 21.8 Å². The summed E-state index contributed by atoms with van der Waals surface area (Å²) < 4.78 is 0. The van der Waals surface area contributed by atoms with Gasteiger partial charge >= 0.3 is 0 Å². The second kappa shape index (κ2) is 8.92. The van der Waals surface area contributed by atoms with Crippen molar-refractivity contribution < 1.29 is 4.79 Å². The van der Waals surface area contributed by atoms with Crippen molar-refractivity contribution >= 4 is 35.1 Å². The van der Waals surface area contributed by atoms with Crippen LogP contribution < -0.4 is 5.32 Å². The minimum atomic E-state index is -0.155. The van der Waals surface area contributed by atoms with Gasteiger partial charge in [-0.05, 0) is 30.2 Å². The number of aromatic nitrogens is 1. The van der Waals surface area contributed by atoms with Crippen LogP contribution in [0.15, 0.2) is 72.1 Å². The van der Waals surface area contributed by atoms with Crippen molar-refractivity contribution in [3.05, 3.63) is 94.0 Å². The lowest BCUT2D eigenvalue weighted by Crippen LogP contribution is -2.08. The van der Waals surface area contributed by atoms with Crippen LogP contribution in [0, 0.1) is 6.92 Å². The molecule has 0 saturated carbocycles. The van der Waals surface area contributed by atoms with Crippen LogP contribution in [0.25, 0.3) is 12.2 Å². The van der Waals surface area contributed by atoms with E-state index in [1.807, 2.05) is 54.8 Å². The van der Waals surface area contributed by atoms with E-state index in [4.69, 9.17) is 0 Å². The first kappa shape index (κ1) is 17.8. The lowest BCUT2D eigenvalue weighted by Gasteiger charge is -2.04. The number of thiazole rings is 1. The maximum Gasteiger partial charge on any atom is 0.248 e. The Morgan fingerprint density at radius 1 is 1.08 bits per heavy atom. The Bertz CT molecular complexity index is 926. The van der Waals surface area contributed by atoms with Gasteiger partial charge in [0.25, 0.3) is 0 Å². The minimum absolute atomic E-state index is 0.155. The molecule has 1 N–H and O–H groups in total. The Labute approximate surface area is 157 Å². The molecule has 0 aliphatic heterocycles. The van der Waals surface area contributed by atoms with Gasteiger partial charge in [0.2, 0.25) is 5.91 Å². The van der Waals surface area contributed by atoms with E-state index in [1.165, 1.54) is 11.6 Å². The molecule has 4 heteroatoms. The summed E-state index contributed by atoms with van der Waals surface area (Å²) >= 11 is 1.60. The van der Waals surface area contributed by atoms with Crippen LogP contribution in [-0.2, 0) is 11.2 Å². The van der Waals surface area contributed by atoms with Crippen molar-refractivity contribution in [3.63, 3.8) is 0 Å². The molecule has 3 nitrogen and oxygen atoms in total. The molecule has 2 aromatic carbocycles. The van der Waals surface area contributed by atoms with E-state index in [-0.39, 0.29) is 5.91 Å². The molecule has 130 valence electrons. The lowest BCUT2D eigenvalue weighted by atomic mass is 10.2. The second-order valence-electron chi connectivity index (χ2n) is 5.82. The van der Waals surface area contributed by atoms with Crippen LogP contribution in [0.5, 0.6) is 0 Å². The van der Waals surface area contributed by atoms with Crippen molar-refractivity contribution in [2.75, 3.05) is 5.32 Å². The molecule has 3 rings (SSSR count). The molecule has 1 heterocycles.